The number of pyridine rings is 1. The highest BCUT2D eigenvalue weighted by molar-refractivity contribution is 9.10. The van der Waals surface area contributed by atoms with Crippen LogP contribution in [0.2, 0.25) is 0 Å². The van der Waals surface area contributed by atoms with Gasteiger partial charge in [0.25, 0.3) is 0 Å². The zero-order valence-corrected chi connectivity index (χ0v) is 15.3. The molecule has 0 spiro atoms. The second-order valence-corrected chi connectivity index (χ2v) is 6.78. The smallest absolute Gasteiger partial charge is 0.246 e. The Balaban J connectivity index is 1.58. The van der Waals surface area contributed by atoms with Gasteiger partial charge in [-0.15, -0.1) is 0 Å². The zero-order chi connectivity index (χ0) is 16.9. The molecule has 1 aromatic carbocycles. The minimum absolute atomic E-state index is 0.0727. The van der Waals surface area contributed by atoms with Gasteiger partial charge < -0.3 is 9.80 Å². The maximum atomic E-state index is 12.4. The molecule has 1 aromatic heterocycles. The predicted molar refractivity (Wildman–Crippen MR) is 99.7 cm³/mol. The van der Waals surface area contributed by atoms with Gasteiger partial charge in [-0.25, -0.2) is 4.98 Å². The summed E-state index contributed by atoms with van der Waals surface area (Å²) in [5.74, 6) is 0.0727. The molecule has 0 bridgehead atoms. The van der Waals surface area contributed by atoms with Crippen molar-refractivity contribution in [2.45, 2.75) is 6.92 Å². The summed E-state index contributed by atoms with van der Waals surface area (Å²) in [6.45, 7) is 5.26. The van der Waals surface area contributed by atoms with Crippen molar-refractivity contribution in [2.75, 3.05) is 31.1 Å². The molecule has 124 valence electrons. The number of carbonyl (C=O) groups excluding carboxylic acids is 1. The van der Waals surface area contributed by atoms with Gasteiger partial charge in [0.15, 0.2) is 12.4 Å². The summed E-state index contributed by atoms with van der Waals surface area (Å²) in [5.41, 5.74) is 3.41. The van der Waals surface area contributed by atoms with Crippen LogP contribution < -0.4 is 9.88 Å². The van der Waals surface area contributed by atoms with E-state index in [4.69, 9.17) is 0 Å². The third-order valence-electron chi connectivity index (χ3n) is 4.22. The number of anilines is 1. The Morgan fingerprint density at radius 3 is 2.50 bits per heavy atom. The van der Waals surface area contributed by atoms with Gasteiger partial charge in [0, 0.05) is 54.5 Å². The molecule has 1 amide bonds. The highest BCUT2D eigenvalue weighted by Gasteiger charge is 2.20. The lowest BCUT2D eigenvalue weighted by Gasteiger charge is -2.35. The maximum absolute atomic E-state index is 12.4. The summed E-state index contributed by atoms with van der Waals surface area (Å²) < 4.78 is 1.01. The van der Waals surface area contributed by atoms with Gasteiger partial charge in [-0.05, 0) is 30.2 Å². The lowest BCUT2D eigenvalue weighted by molar-refractivity contribution is -0.377. The molecule has 1 saturated heterocycles. The monoisotopic (exact) mass is 386 g/mol. The van der Waals surface area contributed by atoms with Gasteiger partial charge in [0.05, 0.1) is 0 Å². The molecule has 0 radical (unpaired) electrons. The molecule has 4 nitrogen and oxygen atoms in total. The molecule has 0 atom stereocenters. The molecule has 1 aliphatic heterocycles. The molecular formula is C19H21BrN3O+. The van der Waals surface area contributed by atoms with Crippen LogP contribution in [0.3, 0.4) is 0 Å². The number of amides is 1. The Labute approximate surface area is 150 Å². The molecular weight excluding hydrogens is 366 g/mol. The summed E-state index contributed by atoms with van der Waals surface area (Å²) in [5, 5.41) is 0. The molecule has 2 heterocycles. The van der Waals surface area contributed by atoms with E-state index >= 15 is 0 Å². The Hall–Kier alpha value is -2.14. The standard InChI is InChI=1S/C19H20BrN3O/c1-15-2-3-16(18(20)14-15)4-5-19(24)23-12-10-22(11-13-23)17-6-8-21-9-7-17/h2-9,14H,10-13H2,1H3/p+1/b5-4+. The number of aromatic amines is 1. The van der Waals surface area contributed by atoms with Crippen LogP contribution in [0, 0.1) is 6.92 Å². The van der Waals surface area contributed by atoms with Gasteiger partial charge >= 0.3 is 0 Å². The minimum Gasteiger partial charge on any atom is -0.368 e. The molecule has 3 rings (SSSR count). The number of aryl methyl sites for hydroxylation is 1. The number of hydrogen-bond donors (Lipinski definition) is 0. The van der Waals surface area contributed by atoms with Crippen LogP contribution in [0.1, 0.15) is 11.1 Å². The Kier molecular flexibility index (Phi) is 5.30. The van der Waals surface area contributed by atoms with E-state index in [2.05, 4.69) is 44.0 Å². The van der Waals surface area contributed by atoms with E-state index in [-0.39, 0.29) is 5.91 Å². The quantitative estimate of drug-likeness (QED) is 0.760. The van der Waals surface area contributed by atoms with Gasteiger partial charge in [0.1, 0.15) is 0 Å². The van der Waals surface area contributed by atoms with E-state index in [0.717, 1.165) is 36.2 Å². The van der Waals surface area contributed by atoms with Crippen LogP contribution in [-0.2, 0) is 4.79 Å². The van der Waals surface area contributed by atoms with Crippen molar-refractivity contribution in [2.24, 2.45) is 0 Å². The number of carbonyl (C=O) groups is 1. The lowest BCUT2D eigenvalue weighted by Crippen LogP contribution is -2.48. The number of benzene rings is 1. The Morgan fingerprint density at radius 2 is 1.83 bits per heavy atom. The Bertz CT molecular complexity index is 738. The molecule has 1 fully saturated rings. The molecule has 0 unspecified atom stereocenters. The first-order valence-electron chi connectivity index (χ1n) is 8.08. The van der Waals surface area contributed by atoms with Crippen molar-refractivity contribution in [1.82, 2.24) is 4.90 Å². The topological polar surface area (TPSA) is 37.7 Å². The maximum Gasteiger partial charge on any atom is 0.246 e. The largest absolute Gasteiger partial charge is 0.368 e. The SMILES string of the molecule is Cc1ccc(/C=C/C(=O)N2CCN(c3cc[nH+]cc3)CC2)c(Br)c1. The first-order valence-corrected chi connectivity index (χ1v) is 8.87. The molecule has 1 aliphatic rings. The van der Waals surface area contributed by atoms with Crippen molar-refractivity contribution in [3.8, 4) is 0 Å². The molecule has 2 aromatic rings. The highest BCUT2D eigenvalue weighted by Crippen LogP contribution is 2.20. The second-order valence-electron chi connectivity index (χ2n) is 5.93. The van der Waals surface area contributed by atoms with Crippen LogP contribution in [0.25, 0.3) is 6.08 Å². The van der Waals surface area contributed by atoms with Crippen LogP contribution >= 0.6 is 15.9 Å². The zero-order valence-electron chi connectivity index (χ0n) is 13.7. The fourth-order valence-electron chi connectivity index (χ4n) is 2.81. The summed E-state index contributed by atoms with van der Waals surface area (Å²) in [7, 11) is 0. The number of nitrogens with one attached hydrogen (secondary N) is 1. The molecule has 5 heteroatoms. The summed E-state index contributed by atoms with van der Waals surface area (Å²) >= 11 is 3.54. The van der Waals surface area contributed by atoms with Crippen LogP contribution in [0.15, 0.2) is 53.3 Å². The van der Waals surface area contributed by atoms with E-state index in [1.165, 1.54) is 11.3 Å². The number of piperazine rings is 1. The number of H-pyrrole nitrogens is 1. The average Bonchev–Trinajstić information content (AvgIpc) is 2.62. The summed E-state index contributed by atoms with van der Waals surface area (Å²) in [6, 6.07) is 10.2. The Morgan fingerprint density at radius 1 is 1.12 bits per heavy atom. The van der Waals surface area contributed by atoms with Crippen molar-refractivity contribution in [3.05, 3.63) is 64.4 Å². The number of rotatable bonds is 3. The molecule has 0 aliphatic carbocycles. The highest BCUT2D eigenvalue weighted by atomic mass is 79.9. The molecule has 0 saturated carbocycles. The van der Waals surface area contributed by atoms with Crippen LogP contribution in [0.4, 0.5) is 5.69 Å². The average molecular weight is 387 g/mol. The van der Waals surface area contributed by atoms with Crippen LogP contribution in [-0.4, -0.2) is 37.0 Å². The number of nitrogens with zero attached hydrogens (tertiary/aromatic N) is 2. The number of aromatic nitrogens is 1. The van der Waals surface area contributed by atoms with E-state index in [0.29, 0.717) is 0 Å². The number of hydrogen-bond acceptors (Lipinski definition) is 2. The first kappa shape index (κ1) is 16.7. The first-order chi connectivity index (χ1) is 11.6. The van der Waals surface area contributed by atoms with Crippen molar-refractivity contribution < 1.29 is 9.78 Å². The minimum atomic E-state index is 0.0727. The normalized spacial score (nSPS) is 15.1. The summed E-state index contributed by atoms with van der Waals surface area (Å²) in [4.78, 5) is 19.6. The van der Waals surface area contributed by atoms with Gasteiger partial charge in [0.2, 0.25) is 5.91 Å². The van der Waals surface area contributed by atoms with Crippen molar-refractivity contribution in [3.63, 3.8) is 0 Å². The van der Waals surface area contributed by atoms with Crippen LogP contribution in [0.5, 0.6) is 0 Å². The second kappa shape index (κ2) is 7.62. The van der Waals surface area contributed by atoms with E-state index in [1.807, 2.05) is 42.4 Å². The van der Waals surface area contributed by atoms with E-state index < -0.39 is 0 Å². The van der Waals surface area contributed by atoms with Gasteiger partial charge in [-0.2, -0.15) is 0 Å². The fourth-order valence-corrected chi connectivity index (χ4v) is 3.43. The van der Waals surface area contributed by atoms with E-state index in [1.54, 1.807) is 6.08 Å². The van der Waals surface area contributed by atoms with Crippen molar-refractivity contribution in [1.29, 1.82) is 0 Å². The fraction of sp³-hybridized carbons (Fsp3) is 0.263. The van der Waals surface area contributed by atoms with Gasteiger partial charge in [-0.1, -0.05) is 28.1 Å². The summed E-state index contributed by atoms with van der Waals surface area (Å²) in [6.07, 6.45) is 7.40. The third-order valence-corrected chi connectivity index (χ3v) is 4.91. The molecule has 1 N–H and O–H groups in total. The predicted octanol–water partition coefficient (Wildman–Crippen LogP) is 2.93. The third kappa shape index (κ3) is 4.03. The lowest BCUT2D eigenvalue weighted by atomic mass is 10.1. The van der Waals surface area contributed by atoms with Crippen molar-refractivity contribution >= 4 is 33.6 Å². The number of halogens is 1. The molecule has 24 heavy (non-hydrogen) atoms. The van der Waals surface area contributed by atoms with Gasteiger partial charge in [-0.3, -0.25) is 4.79 Å². The van der Waals surface area contributed by atoms with E-state index in [9.17, 15) is 4.79 Å².